The number of hydrogen-bond donors (Lipinski definition) is 2. The quantitative estimate of drug-likeness (QED) is 0.857. The average molecular weight is 259 g/mol. The van der Waals surface area contributed by atoms with Gasteiger partial charge in [0, 0.05) is 17.8 Å². The molecular weight excluding hydrogens is 234 g/mol. The molecule has 19 heavy (non-hydrogen) atoms. The second-order valence-electron chi connectivity index (χ2n) is 7.17. The van der Waals surface area contributed by atoms with Crippen LogP contribution in [-0.2, 0) is 12.8 Å². The zero-order valence-electron chi connectivity index (χ0n) is 12.0. The Morgan fingerprint density at radius 1 is 1.21 bits per heavy atom. The van der Waals surface area contributed by atoms with Gasteiger partial charge < -0.3 is 5.32 Å². The fourth-order valence-corrected chi connectivity index (χ4v) is 4.60. The number of nitrogens with zero attached hydrogens (tertiary/aromatic N) is 1. The largest absolute Gasteiger partial charge is 0.311 e. The second kappa shape index (κ2) is 4.34. The maximum Gasteiger partial charge on any atom is 0.0658 e. The lowest BCUT2D eigenvalue weighted by atomic mass is 9.67. The van der Waals surface area contributed by atoms with E-state index in [9.17, 15) is 0 Å². The van der Waals surface area contributed by atoms with E-state index in [2.05, 4.69) is 22.4 Å². The number of aryl methyl sites for hydroxylation is 2. The van der Waals surface area contributed by atoms with Gasteiger partial charge in [-0.05, 0) is 69.3 Å². The van der Waals surface area contributed by atoms with Crippen molar-refractivity contribution in [1.29, 1.82) is 0 Å². The molecule has 2 unspecified atom stereocenters. The van der Waals surface area contributed by atoms with Gasteiger partial charge in [-0.3, -0.25) is 5.10 Å². The van der Waals surface area contributed by atoms with Crippen molar-refractivity contribution in [1.82, 2.24) is 15.5 Å². The SMILES string of the molecule is Cc1[nH]nc2c1CC(NC1CCC3(CCC3)C1)CC2. The van der Waals surface area contributed by atoms with Crippen LogP contribution in [0.25, 0.3) is 0 Å². The summed E-state index contributed by atoms with van der Waals surface area (Å²) in [4.78, 5) is 0. The summed E-state index contributed by atoms with van der Waals surface area (Å²) in [5.41, 5.74) is 4.85. The van der Waals surface area contributed by atoms with Crippen LogP contribution in [-0.4, -0.2) is 22.3 Å². The smallest absolute Gasteiger partial charge is 0.0658 e. The third-order valence-electron chi connectivity index (χ3n) is 5.93. The molecule has 1 aromatic rings. The van der Waals surface area contributed by atoms with E-state index in [-0.39, 0.29) is 0 Å². The summed E-state index contributed by atoms with van der Waals surface area (Å²) in [6.07, 6.45) is 12.4. The Balaban J connectivity index is 1.38. The van der Waals surface area contributed by atoms with Crippen LogP contribution in [0.1, 0.15) is 61.9 Å². The fraction of sp³-hybridized carbons (Fsp3) is 0.812. The first-order valence-corrected chi connectivity index (χ1v) is 8.03. The molecule has 0 bridgehead atoms. The van der Waals surface area contributed by atoms with Crippen molar-refractivity contribution in [3.63, 3.8) is 0 Å². The summed E-state index contributed by atoms with van der Waals surface area (Å²) in [5, 5.41) is 11.5. The number of H-pyrrole nitrogens is 1. The molecule has 0 aliphatic heterocycles. The van der Waals surface area contributed by atoms with Crippen molar-refractivity contribution in [2.75, 3.05) is 0 Å². The highest BCUT2D eigenvalue weighted by Gasteiger charge is 2.43. The zero-order chi connectivity index (χ0) is 12.9. The molecule has 3 nitrogen and oxygen atoms in total. The van der Waals surface area contributed by atoms with Gasteiger partial charge in [-0.2, -0.15) is 5.10 Å². The number of aromatic nitrogens is 2. The summed E-state index contributed by atoms with van der Waals surface area (Å²) in [6.45, 7) is 2.16. The van der Waals surface area contributed by atoms with Crippen LogP contribution in [0.3, 0.4) is 0 Å². The molecule has 1 heterocycles. The Kier molecular flexibility index (Phi) is 2.73. The Hall–Kier alpha value is -0.830. The van der Waals surface area contributed by atoms with E-state index >= 15 is 0 Å². The van der Waals surface area contributed by atoms with Crippen LogP contribution in [0.5, 0.6) is 0 Å². The zero-order valence-corrected chi connectivity index (χ0v) is 12.0. The van der Waals surface area contributed by atoms with E-state index in [1.807, 2.05) is 0 Å². The normalized spacial score (nSPS) is 32.3. The number of aromatic amines is 1. The molecule has 0 amide bonds. The third-order valence-corrected chi connectivity index (χ3v) is 5.93. The van der Waals surface area contributed by atoms with Gasteiger partial charge in [-0.1, -0.05) is 6.42 Å². The third kappa shape index (κ3) is 2.03. The first kappa shape index (κ1) is 12.0. The van der Waals surface area contributed by atoms with Crippen LogP contribution in [0.15, 0.2) is 0 Å². The van der Waals surface area contributed by atoms with Gasteiger partial charge in [0.05, 0.1) is 5.69 Å². The van der Waals surface area contributed by atoms with Crippen molar-refractivity contribution in [2.24, 2.45) is 5.41 Å². The molecule has 2 N–H and O–H groups in total. The predicted octanol–water partition coefficient (Wildman–Crippen LogP) is 2.89. The van der Waals surface area contributed by atoms with Crippen molar-refractivity contribution < 1.29 is 0 Å². The standard InChI is InChI=1S/C16H25N3/c1-11-14-9-12(3-4-15(14)19-18-11)17-13-5-8-16(10-13)6-2-7-16/h12-13,17H,2-10H2,1H3,(H,18,19). The number of rotatable bonds is 2. The predicted molar refractivity (Wildman–Crippen MR) is 76.2 cm³/mol. The van der Waals surface area contributed by atoms with E-state index in [0.29, 0.717) is 6.04 Å². The van der Waals surface area contributed by atoms with Crippen molar-refractivity contribution in [3.05, 3.63) is 17.0 Å². The first-order chi connectivity index (χ1) is 9.24. The second-order valence-corrected chi connectivity index (χ2v) is 7.17. The molecule has 0 radical (unpaired) electrons. The number of fused-ring (bicyclic) bond motifs is 1. The van der Waals surface area contributed by atoms with Crippen LogP contribution in [0.4, 0.5) is 0 Å². The minimum absolute atomic E-state index is 0.684. The van der Waals surface area contributed by atoms with E-state index in [0.717, 1.165) is 17.9 Å². The van der Waals surface area contributed by atoms with Crippen molar-refractivity contribution in [2.45, 2.75) is 76.8 Å². The van der Waals surface area contributed by atoms with Gasteiger partial charge >= 0.3 is 0 Å². The highest BCUT2D eigenvalue weighted by Crippen LogP contribution is 2.53. The molecule has 2 atom stereocenters. The van der Waals surface area contributed by atoms with Gasteiger partial charge in [0.1, 0.15) is 0 Å². The number of nitrogens with one attached hydrogen (secondary N) is 2. The van der Waals surface area contributed by atoms with E-state index in [1.54, 1.807) is 0 Å². The average Bonchev–Trinajstić information content (AvgIpc) is 2.95. The van der Waals surface area contributed by atoms with Crippen LogP contribution in [0.2, 0.25) is 0 Å². The molecule has 1 spiro atoms. The summed E-state index contributed by atoms with van der Waals surface area (Å²) < 4.78 is 0. The van der Waals surface area contributed by atoms with Gasteiger partial charge in [0.2, 0.25) is 0 Å². The minimum atomic E-state index is 0.684. The van der Waals surface area contributed by atoms with Gasteiger partial charge in [0.15, 0.2) is 0 Å². The molecule has 2 saturated carbocycles. The first-order valence-electron chi connectivity index (χ1n) is 8.03. The molecule has 2 fully saturated rings. The maximum atomic E-state index is 4.42. The Morgan fingerprint density at radius 3 is 2.84 bits per heavy atom. The lowest BCUT2D eigenvalue weighted by Gasteiger charge is -2.39. The fourth-order valence-electron chi connectivity index (χ4n) is 4.60. The van der Waals surface area contributed by atoms with Gasteiger partial charge in [-0.15, -0.1) is 0 Å². The summed E-state index contributed by atoms with van der Waals surface area (Å²) in [6, 6.07) is 1.48. The van der Waals surface area contributed by atoms with Crippen LogP contribution < -0.4 is 5.32 Å². The van der Waals surface area contributed by atoms with Gasteiger partial charge in [-0.25, -0.2) is 0 Å². The Morgan fingerprint density at radius 2 is 2.11 bits per heavy atom. The highest BCUT2D eigenvalue weighted by atomic mass is 15.1. The lowest BCUT2D eigenvalue weighted by Crippen LogP contribution is -2.41. The molecule has 104 valence electrons. The molecular formula is C16H25N3. The summed E-state index contributed by atoms with van der Waals surface area (Å²) in [5.74, 6) is 0. The van der Waals surface area contributed by atoms with Crippen molar-refractivity contribution in [3.8, 4) is 0 Å². The van der Waals surface area contributed by atoms with Crippen molar-refractivity contribution >= 4 is 0 Å². The topological polar surface area (TPSA) is 40.7 Å². The lowest BCUT2D eigenvalue weighted by molar-refractivity contribution is 0.138. The van der Waals surface area contributed by atoms with Crippen LogP contribution >= 0.6 is 0 Å². The van der Waals surface area contributed by atoms with Gasteiger partial charge in [0.25, 0.3) is 0 Å². The molecule has 4 rings (SSSR count). The van der Waals surface area contributed by atoms with E-state index < -0.39 is 0 Å². The van der Waals surface area contributed by atoms with E-state index in [1.165, 1.54) is 68.3 Å². The summed E-state index contributed by atoms with van der Waals surface area (Å²) >= 11 is 0. The molecule has 1 aromatic heterocycles. The summed E-state index contributed by atoms with van der Waals surface area (Å²) in [7, 11) is 0. The monoisotopic (exact) mass is 259 g/mol. The van der Waals surface area contributed by atoms with E-state index in [4.69, 9.17) is 0 Å². The molecule has 0 aromatic carbocycles. The Labute approximate surface area is 115 Å². The molecule has 3 heteroatoms. The number of hydrogen-bond acceptors (Lipinski definition) is 2. The minimum Gasteiger partial charge on any atom is -0.311 e. The van der Waals surface area contributed by atoms with Crippen LogP contribution in [0, 0.1) is 12.3 Å². The highest BCUT2D eigenvalue weighted by molar-refractivity contribution is 5.28. The molecule has 3 aliphatic rings. The maximum absolute atomic E-state index is 4.42. The molecule has 0 saturated heterocycles. The Bertz CT molecular complexity index is 472. The molecule has 3 aliphatic carbocycles.